The van der Waals surface area contributed by atoms with Crippen molar-refractivity contribution in [1.82, 2.24) is 9.55 Å². The lowest BCUT2D eigenvalue weighted by molar-refractivity contribution is -0.136. The highest BCUT2D eigenvalue weighted by atomic mass is 16.6. The van der Waals surface area contributed by atoms with Gasteiger partial charge in [-0.05, 0) is 63.6 Å². The molecule has 4 aromatic rings. The van der Waals surface area contributed by atoms with Gasteiger partial charge in [0.15, 0.2) is 0 Å². The number of para-hydroxylation sites is 1. The Morgan fingerprint density at radius 2 is 1.82 bits per heavy atom. The first-order valence-corrected chi connectivity index (χ1v) is 10.7. The first kappa shape index (κ1) is 22.3. The van der Waals surface area contributed by atoms with Gasteiger partial charge in [0.05, 0.1) is 23.1 Å². The second-order valence-corrected chi connectivity index (χ2v) is 8.91. The molecular weight excluding hydrogens is 420 g/mol. The lowest BCUT2D eigenvalue weighted by Gasteiger charge is -2.20. The SMILES string of the molecule is Cc1c(CC(=O)O)c2cc(OCc3ccc4ccccc4n3)ccc2n1C(=O)OC(C)(C)C. The number of carbonyl (C=O) groups excluding carboxylic acids is 1. The summed E-state index contributed by atoms with van der Waals surface area (Å²) >= 11 is 0. The van der Waals surface area contributed by atoms with Gasteiger partial charge >= 0.3 is 12.1 Å². The molecule has 1 N–H and O–H groups in total. The summed E-state index contributed by atoms with van der Waals surface area (Å²) in [5.74, 6) is -0.418. The molecule has 0 aliphatic heterocycles. The van der Waals surface area contributed by atoms with Gasteiger partial charge in [-0.2, -0.15) is 0 Å². The first-order chi connectivity index (χ1) is 15.6. The van der Waals surface area contributed by atoms with Crippen LogP contribution in [0.5, 0.6) is 5.75 Å². The van der Waals surface area contributed by atoms with E-state index in [0.717, 1.165) is 16.6 Å². The molecule has 4 rings (SSSR count). The molecule has 7 heteroatoms. The smallest absolute Gasteiger partial charge is 0.419 e. The minimum Gasteiger partial charge on any atom is -0.487 e. The van der Waals surface area contributed by atoms with Gasteiger partial charge in [0.2, 0.25) is 0 Å². The van der Waals surface area contributed by atoms with Crippen LogP contribution in [0.3, 0.4) is 0 Å². The van der Waals surface area contributed by atoms with Gasteiger partial charge < -0.3 is 14.6 Å². The second kappa shape index (κ2) is 8.58. The Bertz CT molecular complexity index is 1360. The third kappa shape index (κ3) is 4.82. The third-order valence-corrected chi connectivity index (χ3v) is 5.25. The summed E-state index contributed by atoms with van der Waals surface area (Å²) in [6.07, 6.45) is -0.760. The zero-order chi connectivity index (χ0) is 23.8. The van der Waals surface area contributed by atoms with Crippen molar-refractivity contribution in [2.24, 2.45) is 0 Å². The van der Waals surface area contributed by atoms with Gasteiger partial charge in [-0.15, -0.1) is 0 Å². The molecule has 0 amide bonds. The van der Waals surface area contributed by atoms with Crippen molar-refractivity contribution < 1.29 is 24.2 Å². The fourth-order valence-electron chi connectivity index (χ4n) is 3.82. The molecule has 0 atom stereocenters. The minimum atomic E-state index is -0.979. The summed E-state index contributed by atoms with van der Waals surface area (Å²) in [5, 5.41) is 11.1. The largest absolute Gasteiger partial charge is 0.487 e. The van der Waals surface area contributed by atoms with Crippen LogP contribution in [0.1, 0.15) is 37.7 Å². The molecule has 0 fully saturated rings. The van der Waals surface area contributed by atoms with Crippen LogP contribution in [-0.2, 0) is 22.6 Å². The molecule has 2 heterocycles. The van der Waals surface area contributed by atoms with E-state index >= 15 is 0 Å². The zero-order valence-electron chi connectivity index (χ0n) is 19.1. The molecule has 2 aromatic carbocycles. The molecule has 0 saturated heterocycles. The molecule has 7 nitrogen and oxygen atoms in total. The Hall–Kier alpha value is -3.87. The molecular formula is C26H26N2O5. The van der Waals surface area contributed by atoms with Crippen molar-refractivity contribution in [3.05, 3.63) is 71.5 Å². The highest BCUT2D eigenvalue weighted by molar-refractivity contribution is 5.96. The topological polar surface area (TPSA) is 90.6 Å². The number of nitrogens with zero attached hydrogens (tertiary/aromatic N) is 2. The average Bonchev–Trinajstić information content (AvgIpc) is 3.01. The molecule has 0 saturated carbocycles. The quantitative estimate of drug-likeness (QED) is 0.436. The Morgan fingerprint density at radius 3 is 2.55 bits per heavy atom. The molecule has 0 radical (unpaired) electrons. The summed E-state index contributed by atoms with van der Waals surface area (Å²) in [4.78, 5) is 29.0. The zero-order valence-corrected chi connectivity index (χ0v) is 19.1. The van der Waals surface area contributed by atoms with Crippen LogP contribution in [0.2, 0.25) is 0 Å². The third-order valence-electron chi connectivity index (χ3n) is 5.25. The van der Waals surface area contributed by atoms with E-state index in [0.29, 0.717) is 27.9 Å². The normalized spacial score (nSPS) is 11.6. The van der Waals surface area contributed by atoms with Crippen LogP contribution < -0.4 is 4.74 Å². The van der Waals surface area contributed by atoms with E-state index < -0.39 is 17.7 Å². The van der Waals surface area contributed by atoms with Crippen molar-refractivity contribution >= 4 is 33.9 Å². The van der Waals surface area contributed by atoms with Crippen LogP contribution in [0.4, 0.5) is 4.79 Å². The number of aromatic nitrogens is 2. The lowest BCUT2D eigenvalue weighted by atomic mass is 10.1. The maximum absolute atomic E-state index is 12.9. The first-order valence-electron chi connectivity index (χ1n) is 10.7. The van der Waals surface area contributed by atoms with Gasteiger partial charge in [-0.1, -0.05) is 24.3 Å². The summed E-state index contributed by atoms with van der Waals surface area (Å²) in [6.45, 7) is 7.35. The van der Waals surface area contributed by atoms with Crippen LogP contribution in [0, 0.1) is 6.92 Å². The van der Waals surface area contributed by atoms with E-state index in [1.165, 1.54) is 4.57 Å². The standard InChI is InChI=1S/C26H26N2O5/c1-16-20(14-24(29)30)21-13-19(11-12-23(21)28(16)25(31)33-26(2,3)4)32-15-18-10-9-17-7-5-6-8-22(17)27-18/h5-13H,14-15H2,1-4H3,(H,29,30). The number of rotatable bonds is 5. The van der Waals surface area contributed by atoms with Crippen molar-refractivity contribution in [3.63, 3.8) is 0 Å². The van der Waals surface area contributed by atoms with E-state index in [1.54, 1.807) is 45.9 Å². The summed E-state index contributed by atoms with van der Waals surface area (Å²) in [7, 11) is 0. The summed E-state index contributed by atoms with van der Waals surface area (Å²) < 4.78 is 12.9. The average molecular weight is 447 g/mol. The molecule has 170 valence electrons. The highest BCUT2D eigenvalue weighted by Crippen LogP contribution is 2.31. The van der Waals surface area contributed by atoms with E-state index in [1.807, 2.05) is 36.4 Å². The Morgan fingerprint density at radius 1 is 1.06 bits per heavy atom. The predicted molar refractivity (Wildman–Crippen MR) is 126 cm³/mol. The maximum atomic E-state index is 12.9. The molecule has 0 unspecified atom stereocenters. The summed E-state index contributed by atoms with van der Waals surface area (Å²) in [5.41, 5.74) is 2.66. The number of hydrogen-bond donors (Lipinski definition) is 1. The number of aliphatic carboxylic acids is 1. The number of carboxylic acid groups (broad SMARTS) is 1. The van der Waals surface area contributed by atoms with Gasteiger partial charge in [0.1, 0.15) is 18.0 Å². The lowest BCUT2D eigenvalue weighted by Crippen LogP contribution is -2.27. The van der Waals surface area contributed by atoms with Crippen LogP contribution in [0.25, 0.3) is 21.8 Å². The monoisotopic (exact) mass is 446 g/mol. The van der Waals surface area contributed by atoms with Crippen LogP contribution >= 0.6 is 0 Å². The van der Waals surface area contributed by atoms with E-state index in [-0.39, 0.29) is 13.0 Å². The molecule has 0 aliphatic rings. The minimum absolute atomic E-state index is 0.214. The number of benzene rings is 2. The van der Waals surface area contributed by atoms with Crippen molar-refractivity contribution in [2.45, 2.75) is 46.3 Å². The fourth-order valence-corrected chi connectivity index (χ4v) is 3.82. The number of hydrogen-bond acceptors (Lipinski definition) is 5. The Labute approximate surface area is 191 Å². The maximum Gasteiger partial charge on any atom is 0.419 e. The van der Waals surface area contributed by atoms with Gasteiger partial charge in [0, 0.05) is 16.5 Å². The Balaban J connectivity index is 1.67. The molecule has 0 aliphatic carbocycles. The molecule has 33 heavy (non-hydrogen) atoms. The molecule has 0 spiro atoms. The van der Waals surface area contributed by atoms with Crippen LogP contribution in [-0.4, -0.2) is 32.3 Å². The van der Waals surface area contributed by atoms with Gasteiger partial charge in [-0.3, -0.25) is 4.79 Å². The van der Waals surface area contributed by atoms with Gasteiger partial charge in [0.25, 0.3) is 0 Å². The molecule has 0 bridgehead atoms. The predicted octanol–water partition coefficient (Wildman–Crippen LogP) is 5.49. The highest BCUT2D eigenvalue weighted by Gasteiger charge is 2.25. The molecule has 2 aromatic heterocycles. The Kier molecular flexibility index (Phi) is 5.80. The number of carboxylic acids is 1. The van der Waals surface area contributed by atoms with E-state index in [4.69, 9.17) is 9.47 Å². The van der Waals surface area contributed by atoms with Crippen molar-refractivity contribution in [1.29, 1.82) is 0 Å². The van der Waals surface area contributed by atoms with Crippen molar-refractivity contribution in [2.75, 3.05) is 0 Å². The number of pyridine rings is 1. The number of fused-ring (bicyclic) bond motifs is 2. The van der Waals surface area contributed by atoms with Crippen LogP contribution in [0.15, 0.2) is 54.6 Å². The van der Waals surface area contributed by atoms with Gasteiger partial charge in [-0.25, -0.2) is 14.3 Å². The van der Waals surface area contributed by atoms with E-state index in [2.05, 4.69) is 4.98 Å². The van der Waals surface area contributed by atoms with Crippen molar-refractivity contribution in [3.8, 4) is 5.75 Å². The number of ether oxygens (including phenoxy) is 2. The second-order valence-electron chi connectivity index (χ2n) is 8.91. The summed E-state index contributed by atoms with van der Waals surface area (Å²) in [6, 6.07) is 17.1. The number of carbonyl (C=O) groups is 2. The van der Waals surface area contributed by atoms with E-state index in [9.17, 15) is 14.7 Å². The fraction of sp³-hybridized carbons (Fsp3) is 0.269.